The summed E-state index contributed by atoms with van der Waals surface area (Å²) >= 11 is 1.98. The Bertz CT molecular complexity index is 359. The summed E-state index contributed by atoms with van der Waals surface area (Å²) in [5, 5.41) is 17.8. The SMILES string of the molecule is N[C@@H](Cc1ccc(O)c(I)c1)C(=O)O.[Ca+2]. The van der Waals surface area contributed by atoms with Gasteiger partial charge in [0.25, 0.3) is 0 Å². The van der Waals surface area contributed by atoms with E-state index in [1.165, 1.54) is 6.07 Å². The maximum atomic E-state index is 10.5. The van der Waals surface area contributed by atoms with Crippen molar-refractivity contribution in [3.05, 3.63) is 27.3 Å². The Morgan fingerprint density at radius 1 is 1.53 bits per heavy atom. The van der Waals surface area contributed by atoms with Crippen molar-refractivity contribution in [2.75, 3.05) is 0 Å². The van der Waals surface area contributed by atoms with Crippen molar-refractivity contribution in [1.29, 1.82) is 0 Å². The summed E-state index contributed by atoms with van der Waals surface area (Å²) in [6.45, 7) is 0. The molecule has 0 amide bonds. The molecule has 0 saturated carbocycles. The summed E-state index contributed by atoms with van der Waals surface area (Å²) in [7, 11) is 0. The predicted octanol–water partition coefficient (Wildman–Crippen LogP) is 0.570. The largest absolute Gasteiger partial charge is 2.00 e. The Morgan fingerprint density at radius 2 is 2.13 bits per heavy atom. The molecule has 6 heteroatoms. The second-order valence-electron chi connectivity index (χ2n) is 2.93. The van der Waals surface area contributed by atoms with Crippen molar-refractivity contribution in [3.8, 4) is 5.75 Å². The van der Waals surface area contributed by atoms with E-state index >= 15 is 0 Å². The smallest absolute Gasteiger partial charge is 0.507 e. The first-order valence-corrected chi connectivity index (χ1v) is 5.04. The third-order valence-corrected chi connectivity index (χ3v) is 2.65. The van der Waals surface area contributed by atoms with E-state index < -0.39 is 12.0 Å². The summed E-state index contributed by atoms with van der Waals surface area (Å²) in [5.74, 6) is -0.827. The Kier molecular flexibility index (Phi) is 7.10. The number of hydrogen-bond donors (Lipinski definition) is 3. The molecular formula is C9H10CaINO3+2. The van der Waals surface area contributed by atoms with Crippen LogP contribution >= 0.6 is 22.6 Å². The molecule has 1 atom stereocenters. The van der Waals surface area contributed by atoms with Gasteiger partial charge in [-0.1, -0.05) is 6.07 Å². The van der Waals surface area contributed by atoms with Gasteiger partial charge in [0.1, 0.15) is 11.8 Å². The minimum Gasteiger partial charge on any atom is -0.507 e. The topological polar surface area (TPSA) is 83.5 Å². The minimum absolute atomic E-state index is 0. The van der Waals surface area contributed by atoms with Crippen molar-refractivity contribution < 1.29 is 15.0 Å². The number of rotatable bonds is 3. The zero-order chi connectivity index (χ0) is 10.7. The molecule has 0 saturated heterocycles. The summed E-state index contributed by atoms with van der Waals surface area (Å²) in [6.07, 6.45) is 0.269. The van der Waals surface area contributed by atoms with Gasteiger partial charge in [-0.05, 0) is 46.7 Å². The van der Waals surface area contributed by atoms with E-state index in [1.54, 1.807) is 12.1 Å². The second kappa shape index (κ2) is 6.90. The molecule has 0 unspecified atom stereocenters. The van der Waals surface area contributed by atoms with Crippen molar-refractivity contribution in [3.63, 3.8) is 0 Å². The summed E-state index contributed by atoms with van der Waals surface area (Å²) < 4.78 is 0.692. The average molecular weight is 347 g/mol. The summed E-state index contributed by atoms with van der Waals surface area (Å²) in [4.78, 5) is 10.5. The van der Waals surface area contributed by atoms with E-state index in [-0.39, 0.29) is 49.9 Å². The van der Waals surface area contributed by atoms with E-state index in [2.05, 4.69) is 0 Å². The van der Waals surface area contributed by atoms with Crippen molar-refractivity contribution in [1.82, 2.24) is 0 Å². The molecule has 0 aromatic heterocycles. The Labute approximate surface area is 131 Å². The molecule has 0 fully saturated rings. The summed E-state index contributed by atoms with van der Waals surface area (Å²) in [5.41, 5.74) is 6.18. The van der Waals surface area contributed by atoms with Crippen LogP contribution in [0.4, 0.5) is 0 Å². The van der Waals surface area contributed by atoms with Crippen LogP contribution in [0.3, 0.4) is 0 Å². The number of phenols is 1. The molecule has 4 N–H and O–H groups in total. The fraction of sp³-hybridized carbons (Fsp3) is 0.222. The number of nitrogens with two attached hydrogens (primary N) is 1. The van der Waals surface area contributed by atoms with E-state index in [0.29, 0.717) is 3.57 Å². The molecular weight excluding hydrogens is 337 g/mol. The Morgan fingerprint density at radius 3 is 2.60 bits per heavy atom. The van der Waals surface area contributed by atoms with Crippen LogP contribution in [-0.2, 0) is 11.2 Å². The number of phenolic OH excluding ortho intramolecular Hbond substituents is 1. The predicted molar refractivity (Wildman–Crippen MR) is 65.9 cm³/mol. The average Bonchev–Trinajstić information content (AvgIpc) is 2.11. The fourth-order valence-corrected chi connectivity index (χ4v) is 1.60. The van der Waals surface area contributed by atoms with Gasteiger partial charge in [-0.3, -0.25) is 4.79 Å². The van der Waals surface area contributed by atoms with Gasteiger partial charge >= 0.3 is 43.7 Å². The molecule has 0 radical (unpaired) electrons. The summed E-state index contributed by atoms with van der Waals surface area (Å²) in [6, 6.07) is 4.03. The zero-order valence-corrected chi connectivity index (χ0v) is 12.3. The molecule has 0 heterocycles. The number of carboxylic acid groups (broad SMARTS) is 1. The van der Waals surface area contributed by atoms with Crippen LogP contribution in [0.1, 0.15) is 5.56 Å². The molecule has 0 aliphatic heterocycles. The Hall–Kier alpha value is 0.440. The second-order valence-corrected chi connectivity index (χ2v) is 4.10. The van der Waals surface area contributed by atoms with Gasteiger partial charge in [0.05, 0.1) is 3.57 Å². The minimum atomic E-state index is -1.02. The molecule has 0 bridgehead atoms. The normalized spacial score (nSPS) is 11.6. The van der Waals surface area contributed by atoms with Crippen LogP contribution in [0.5, 0.6) is 5.75 Å². The number of benzene rings is 1. The molecule has 1 aromatic rings. The standard InChI is InChI=1S/C9H10INO3.Ca/c10-6-3-5(1-2-8(6)12)4-7(11)9(13)14;/h1-3,7,12H,4,11H2,(H,13,14);/q;+2/t7-;/m0./s1. The molecule has 76 valence electrons. The van der Waals surface area contributed by atoms with Crippen LogP contribution in [0.2, 0.25) is 0 Å². The maximum Gasteiger partial charge on any atom is 2.00 e. The quantitative estimate of drug-likeness (QED) is 0.552. The fourth-order valence-electron chi connectivity index (χ4n) is 1.02. The van der Waals surface area contributed by atoms with Crippen LogP contribution in [-0.4, -0.2) is 60.0 Å². The first-order valence-electron chi connectivity index (χ1n) is 3.96. The van der Waals surface area contributed by atoms with E-state index in [9.17, 15) is 9.90 Å². The van der Waals surface area contributed by atoms with Crippen LogP contribution in [0, 0.1) is 3.57 Å². The molecule has 0 spiro atoms. The number of aromatic hydroxyl groups is 1. The Balaban J connectivity index is 0.00000196. The van der Waals surface area contributed by atoms with Crippen LogP contribution < -0.4 is 5.73 Å². The monoisotopic (exact) mass is 347 g/mol. The molecule has 15 heavy (non-hydrogen) atoms. The van der Waals surface area contributed by atoms with Crippen molar-refractivity contribution >= 4 is 66.3 Å². The van der Waals surface area contributed by atoms with Gasteiger partial charge in [0, 0.05) is 0 Å². The zero-order valence-electron chi connectivity index (χ0n) is 7.98. The molecule has 0 aliphatic rings. The first kappa shape index (κ1) is 15.4. The maximum absolute atomic E-state index is 10.5. The first-order chi connectivity index (χ1) is 6.50. The van der Waals surface area contributed by atoms with Gasteiger partial charge < -0.3 is 15.9 Å². The number of halogens is 1. The third-order valence-electron chi connectivity index (χ3n) is 1.78. The van der Waals surface area contributed by atoms with Gasteiger partial charge in [0.2, 0.25) is 0 Å². The molecule has 1 rings (SSSR count). The molecule has 0 aliphatic carbocycles. The third kappa shape index (κ3) is 4.86. The van der Waals surface area contributed by atoms with Crippen LogP contribution in [0.25, 0.3) is 0 Å². The van der Waals surface area contributed by atoms with Crippen molar-refractivity contribution in [2.24, 2.45) is 5.73 Å². The van der Waals surface area contributed by atoms with E-state index in [4.69, 9.17) is 10.8 Å². The van der Waals surface area contributed by atoms with E-state index in [1.807, 2.05) is 22.6 Å². The molecule has 1 aromatic carbocycles. The molecule has 4 nitrogen and oxygen atoms in total. The number of aliphatic carboxylic acids is 1. The number of hydrogen-bond acceptors (Lipinski definition) is 3. The van der Waals surface area contributed by atoms with Gasteiger partial charge in [-0.2, -0.15) is 0 Å². The van der Waals surface area contributed by atoms with Crippen molar-refractivity contribution in [2.45, 2.75) is 12.5 Å². The van der Waals surface area contributed by atoms with Gasteiger partial charge in [-0.15, -0.1) is 0 Å². The number of carboxylic acids is 1. The van der Waals surface area contributed by atoms with Crippen LogP contribution in [0.15, 0.2) is 18.2 Å². The van der Waals surface area contributed by atoms with Gasteiger partial charge in [0.15, 0.2) is 0 Å². The van der Waals surface area contributed by atoms with E-state index in [0.717, 1.165) is 5.56 Å². The van der Waals surface area contributed by atoms with Gasteiger partial charge in [-0.25, -0.2) is 0 Å². The number of carbonyl (C=O) groups is 1.